The van der Waals surface area contributed by atoms with Crippen LogP contribution in [-0.4, -0.2) is 18.8 Å². The molecular formula is C25H35NO. The van der Waals surface area contributed by atoms with Crippen molar-refractivity contribution in [2.24, 2.45) is 11.8 Å². The van der Waals surface area contributed by atoms with Gasteiger partial charge in [-0.25, -0.2) is 0 Å². The molecule has 0 radical (unpaired) electrons. The van der Waals surface area contributed by atoms with E-state index in [2.05, 4.69) is 86.8 Å². The van der Waals surface area contributed by atoms with Crippen molar-refractivity contribution in [2.45, 2.75) is 58.1 Å². The Kier molecular flexibility index (Phi) is 7.09. The van der Waals surface area contributed by atoms with Crippen LogP contribution >= 0.6 is 0 Å². The van der Waals surface area contributed by atoms with Gasteiger partial charge in [-0.15, -0.1) is 0 Å². The first-order valence-corrected chi connectivity index (χ1v) is 10.5. The Balaban J connectivity index is 1.61. The van der Waals surface area contributed by atoms with E-state index < -0.39 is 0 Å². The predicted molar refractivity (Wildman–Crippen MR) is 114 cm³/mol. The van der Waals surface area contributed by atoms with Gasteiger partial charge in [0.25, 0.3) is 0 Å². The summed E-state index contributed by atoms with van der Waals surface area (Å²) in [6.45, 7) is 8.71. The van der Waals surface area contributed by atoms with Crippen LogP contribution in [0.4, 0.5) is 0 Å². The van der Waals surface area contributed by atoms with Gasteiger partial charge in [0.15, 0.2) is 0 Å². The lowest BCUT2D eigenvalue weighted by Gasteiger charge is -2.39. The molecule has 2 heteroatoms. The summed E-state index contributed by atoms with van der Waals surface area (Å²) in [6.07, 6.45) is 4.74. The summed E-state index contributed by atoms with van der Waals surface area (Å²) in [6, 6.07) is 22.1. The molecule has 1 aliphatic rings. The highest BCUT2D eigenvalue weighted by Gasteiger charge is 2.33. The van der Waals surface area contributed by atoms with Gasteiger partial charge in [-0.2, -0.15) is 0 Å². The average molecular weight is 366 g/mol. The van der Waals surface area contributed by atoms with E-state index in [0.29, 0.717) is 12.0 Å². The Morgan fingerprint density at radius 1 is 1.04 bits per heavy atom. The smallest absolute Gasteiger partial charge is 0.0629 e. The molecule has 1 saturated heterocycles. The molecule has 2 nitrogen and oxygen atoms in total. The Bertz CT molecular complexity index is 667. The van der Waals surface area contributed by atoms with Gasteiger partial charge in [-0.1, -0.05) is 60.7 Å². The lowest BCUT2D eigenvalue weighted by Crippen LogP contribution is -2.38. The molecule has 27 heavy (non-hydrogen) atoms. The molecule has 0 aromatic heterocycles. The quantitative estimate of drug-likeness (QED) is 0.639. The zero-order valence-corrected chi connectivity index (χ0v) is 17.2. The predicted octanol–water partition coefficient (Wildman–Crippen LogP) is 5.79. The first kappa shape index (κ1) is 20.1. The number of hydrogen-bond acceptors (Lipinski definition) is 2. The van der Waals surface area contributed by atoms with Crippen molar-refractivity contribution in [3.8, 4) is 0 Å². The summed E-state index contributed by atoms with van der Waals surface area (Å²) >= 11 is 0. The molecule has 0 saturated carbocycles. The first-order chi connectivity index (χ1) is 13.0. The van der Waals surface area contributed by atoms with Gasteiger partial charge < -0.3 is 10.1 Å². The van der Waals surface area contributed by atoms with Crippen LogP contribution in [0, 0.1) is 11.8 Å². The Labute approximate surface area is 165 Å². The standard InChI is InChI=1S/C25H35NO/c1-20(22-12-8-5-9-13-22)26-16-14-23(18-21-10-6-4-7-11-21)24-15-17-27-25(2,3)19-24/h4-13,20,23-24,26H,14-19H2,1-3H3. The van der Waals surface area contributed by atoms with Crippen LogP contribution in [0.3, 0.4) is 0 Å². The second-order valence-corrected chi connectivity index (χ2v) is 8.69. The molecule has 0 amide bonds. The molecule has 0 bridgehead atoms. The van der Waals surface area contributed by atoms with E-state index in [-0.39, 0.29) is 5.60 Å². The third kappa shape index (κ3) is 6.19. The van der Waals surface area contributed by atoms with Crippen molar-refractivity contribution >= 4 is 0 Å². The third-order valence-corrected chi connectivity index (χ3v) is 6.01. The number of hydrogen-bond donors (Lipinski definition) is 1. The van der Waals surface area contributed by atoms with Crippen molar-refractivity contribution in [3.05, 3.63) is 71.8 Å². The topological polar surface area (TPSA) is 21.3 Å². The van der Waals surface area contributed by atoms with Gasteiger partial charge in [-0.3, -0.25) is 0 Å². The van der Waals surface area contributed by atoms with Gasteiger partial charge in [0, 0.05) is 12.6 Å². The fraction of sp³-hybridized carbons (Fsp3) is 0.520. The molecule has 3 rings (SSSR count). The zero-order chi connectivity index (χ0) is 19.1. The van der Waals surface area contributed by atoms with E-state index in [1.807, 2.05) is 0 Å². The first-order valence-electron chi connectivity index (χ1n) is 10.5. The summed E-state index contributed by atoms with van der Waals surface area (Å²) in [5, 5.41) is 3.74. The molecule has 2 aromatic carbocycles. The van der Waals surface area contributed by atoms with Crippen LogP contribution in [-0.2, 0) is 11.2 Å². The van der Waals surface area contributed by atoms with Crippen LogP contribution < -0.4 is 5.32 Å². The highest BCUT2D eigenvalue weighted by atomic mass is 16.5. The molecule has 0 aliphatic carbocycles. The average Bonchev–Trinajstić information content (AvgIpc) is 2.68. The Hall–Kier alpha value is -1.64. The van der Waals surface area contributed by atoms with Crippen LogP contribution in [0.1, 0.15) is 57.2 Å². The Morgan fingerprint density at radius 2 is 1.70 bits per heavy atom. The van der Waals surface area contributed by atoms with Gasteiger partial charge in [-0.05, 0) is 76.0 Å². The molecule has 0 spiro atoms. The minimum absolute atomic E-state index is 0.0165. The fourth-order valence-electron chi connectivity index (χ4n) is 4.45. The molecule has 1 aliphatic heterocycles. The van der Waals surface area contributed by atoms with Crippen molar-refractivity contribution in [3.63, 3.8) is 0 Å². The highest BCUT2D eigenvalue weighted by Crippen LogP contribution is 2.36. The molecule has 3 atom stereocenters. The van der Waals surface area contributed by atoms with E-state index in [1.54, 1.807) is 0 Å². The minimum atomic E-state index is 0.0165. The highest BCUT2D eigenvalue weighted by molar-refractivity contribution is 5.18. The monoisotopic (exact) mass is 365 g/mol. The van der Waals surface area contributed by atoms with Crippen LogP contribution in [0.15, 0.2) is 60.7 Å². The second kappa shape index (κ2) is 9.52. The molecule has 1 heterocycles. The number of ether oxygens (including phenoxy) is 1. The molecule has 146 valence electrons. The molecule has 3 unspecified atom stereocenters. The van der Waals surface area contributed by atoms with E-state index in [1.165, 1.54) is 36.8 Å². The number of benzene rings is 2. The van der Waals surface area contributed by atoms with Gasteiger partial charge in [0.05, 0.1) is 5.60 Å². The molecular weight excluding hydrogens is 330 g/mol. The minimum Gasteiger partial charge on any atom is -0.376 e. The fourth-order valence-corrected chi connectivity index (χ4v) is 4.45. The van der Waals surface area contributed by atoms with Crippen molar-refractivity contribution in [1.82, 2.24) is 5.32 Å². The maximum absolute atomic E-state index is 5.98. The third-order valence-electron chi connectivity index (χ3n) is 6.01. The largest absolute Gasteiger partial charge is 0.376 e. The van der Waals surface area contributed by atoms with Crippen molar-refractivity contribution in [1.29, 1.82) is 0 Å². The van der Waals surface area contributed by atoms with Crippen LogP contribution in [0.25, 0.3) is 0 Å². The van der Waals surface area contributed by atoms with Crippen molar-refractivity contribution < 1.29 is 4.74 Å². The number of rotatable bonds is 8. The van der Waals surface area contributed by atoms with Gasteiger partial charge in [0.1, 0.15) is 0 Å². The maximum atomic E-state index is 5.98. The summed E-state index contributed by atoms with van der Waals surface area (Å²) in [4.78, 5) is 0. The second-order valence-electron chi connectivity index (χ2n) is 8.69. The van der Waals surface area contributed by atoms with E-state index >= 15 is 0 Å². The van der Waals surface area contributed by atoms with Gasteiger partial charge in [0.2, 0.25) is 0 Å². The SMILES string of the molecule is CC(NCCC(Cc1ccccc1)C1CCOC(C)(C)C1)c1ccccc1. The summed E-state index contributed by atoms with van der Waals surface area (Å²) < 4.78 is 5.98. The molecule has 1 N–H and O–H groups in total. The zero-order valence-electron chi connectivity index (χ0n) is 17.2. The van der Waals surface area contributed by atoms with E-state index in [4.69, 9.17) is 4.74 Å². The molecule has 2 aromatic rings. The van der Waals surface area contributed by atoms with Crippen LogP contribution in [0.5, 0.6) is 0 Å². The maximum Gasteiger partial charge on any atom is 0.0629 e. The van der Waals surface area contributed by atoms with Gasteiger partial charge >= 0.3 is 0 Å². The van der Waals surface area contributed by atoms with Crippen molar-refractivity contribution in [2.75, 3.05) is 13.2 Å². The summed E-state index contributed by atoms with van der Waals surface area (Å²) in [5.74, 6) is 1.44. The van der Waals surface area contributed by atoms with Crippen LogP contribution in [0.2, 0.25) is 0 Å². The molecule has 1 fully saturated rings. The lowest BCUT2D eigenvalue weighted by molar-refractivity contribution is -0.0830. The van der Waals surface area contributed by atoms with E-state index in [9.17, 15) is 0 Å². The van der Waals surface area contributed by atoms with E-state index in [0.717, 1.165) is 19.1 Å². The summed E-state index contributed by atoms with van der Waals surface area (Å²) in [7, 11) is 0. The summed E-state index contributed by atoms with van der Waals surface area (Å²) in [5.41, 5.74) is 2.84. The number of nitrogens with one attached hydrogen (secondary N) is 1. The lowest BCUT2D eigenvalue weighted by atomic mass is 9.75. The Morgan fingerprint density at radius 3 is 2.37 bits per heavy atom. The normalized spacial score (nSPS) is 21.5.